The highest BCUT2D eigenvalue weighted by atomic mass is 16.6. The molecule has 1 N–H and O–H groups in total. The van der Waals surface area contributed by atoms with Gasteiger partial charge < -0.3 is 19.5 Å². The molecule has 2 aliphatic heterocycles. The number of amides is 1. The van der Waals surface area contributed by atoms with E-state index in [0.717, 1.165) is 25.2 Å². The first-order valence-electron chi connectivity index (χ1n) is 11.8. The molecule has 35 heavy (non-hydrogen) atoms. The number of hydrogen-bond donors (Lipinski definition) is 1. The predicted octanol–water partition coefficient (Wildman–Crippen LogP) is 3.22. The van der Waals surface area contributed by atoms with Crippen LogP contribution in [0.3, 0.4) is 0 Å². The maximum Gasteiger partial charge on any atom is 0.233 e. The molecule has 1 amide bonds. The van der Waals surface area contributed by atoms with Crippen LogP contribution in [0, 0.1) is 0 Å². The summed E-state index contributed by atoms with van der Waals surface area (Å²) in [5.41, 5.74) is 2.39. The van der Waals surface area contributed by atoms with E-state index in [9.17, 15) is 14.7 Å². The second-order valence-corrected chi connectivity index (χ2v) is 9.40. The molecule has 0 radical (unpaired) electrons. The second-order valence-electron chi connectivity index (χ2n) is 9.40. The fourth-order valence-electron chi connectivity index (χ4n) is 4.35. The van der Waals surface area contributed by atoms with E-state index in [2.05, 4.69) is 21.4 Å². The van der Waals surface area contributed by atoms with Crippen molar-refractivity contribution >= 4 is 28.8 Å². The van der Waals surface area contributed by atoms with Gasteiger partial charge in [-0.05, 0) is 44.0 Å². The van der Waals surface area contributed by atoms with Crippen molar-refractivity contribution in [1.29, 1.82) is 0 Å². The Morgan fingerprint density at radius 1 is 1.23 bits per heavy atom. The van der Waals surface area contributed by atoms with Crippen molar-refractivity contribution in [2.45, 2.75) is 51.9 Å². The zero-order valence-corrected chi connectivity index (χ0v) is 20.5. The molecule has 186 valence electrons. The number of pyridine rings is 2. The number of nitrogens with zero attached hydrogens (tertiary/aromatic N) is 4. The van der Waals surface area contributed by atoms with Gasteiger partial charge in [-0.25, -0.2) is 4.98 Å². The predicted molar refractivity (Wildman–Crippen MR) is 133 cm³/mol. The van der Waals surface area contributed by atoms with E-state index in [1.165, 1.54) is 6.92 Å². The molecule has 9 heteroatoms. The summed E-state index contributed by atoms with van der Waals surface area (Å²) in [5, 5.41) is 9.59. The minimum Gasteiger partial charge on any atom is -0.493 e. The molecule has 1 saturated heterocycles. The highest BCUT2D eigenvalue weighted by Crippen LogP contribution is 2.39. The summed E-state index contributed by atoms with van der Waals surface area (Å²) in [6.45, 7) is 11.1. The van der Waals surface area contributed by atoms with Crippen molar-refractivity contribution in [1.82, 2.24) is 9.97 Å². The molecule has 0 aromatic carbocycles. The van der Waals surface area contributed by atoms with Gasteiger partial charge >= 0.3 is 0 Å². The van der Waals surface area contributed by atoms with Crippen LogP contribution >= 0.6 is 0 Å². The van der Waals surface area contributed by atoms with Gasteiger partial charge in [0.05, 0.1) is 37.1 Å². The molecular formula is C26H32N4O5. The Bertz CT molecular complexity index is 1130. The summed E-state index contributed by atoms with van der Waals surface area (Å²) in [5.74, 6) is -0.252. The minimum atomic E-state index is -1.16. The molecule has 4 heterocycles. The molecule has 2 aromatic heterocycles. The number of rotatable bonds is 10. The van der Waals surface area contributed by atoms with Crippen LogP contribution in [0.15, 0.2) is 37.0 Å². The third kappa shape index (κ3) is 5.86. The number of hydrogen-bond acceptors (Lipinski definition) is 8. The van der Waals surface area contributed by atoms with Crippen LogP contribution in [-0.2, 0) is 9.53 Å². The Labute approximate surface area is 205 Å². The zero-order valence-electron chi connectivity index (χ0n) is 20.5. The van der Waals surface area contributed by atoms with Gasteiger partial charge in [-0.1, -0.05) is 6.58 Å². The molecule has 4 rings (SSSR count). The number of fused-ring (bicyclic) bond motifs is 4. The zero-order chi connectivity index (χ0) is 25.2. The van der Waals surface area contributed by atoms with E-state index in [4.69, 9.17) is 9.47 Å². The SMILES string of the molecule is C=C(CC(=O)N1c2nc(C(C)=O)ccc2N2CC[C@H]1C2)c1cc(OCCCOC(C)(C)O)ccn1. The van der Waals surface area contributed by atoms with Gasteiger partial charge in [0.25, 0.3) is 0 Å². The number of carbonyl (C=O) groups excluding carboxylic acids is 2. The van der Waals surface area contributed by atoms with Gasteiger partial charge in [-0.15, -0.1) is 0 Å². The van der Waals surface area contributed by atoms with E-state index < -0.39 is 5.79 Å². The van der Waals surface area contributed by atoms with Crippen LogP contribution in [0.25, 0.3) is 5.57 Å². The lowest BCUT2D eigenvalue weighted by molar-refractivity contribution is -0.176. The second kappa shape index (κ2) is 10.1. The Balaban J connectivity index is 1.42. The molecule has 0 unspecified atom stereocenters. The Morgan fingerprint density at radius 3 is 2.77 bits per heavy atom. The average Bonchev–Trinajstić information content (AvgIpc) is 3.22. The summed E-state index contributed by atoms with van der Waals surface area (Å²) >= 11 is 0. The maximum absolute atomic E-state index is 13.5. The van der Waals surface area contributed by atoms with Crippen molar-refractivity contribution in [3.05, 3.63) is 48.4 Å². The largest absolute Gasteiger partial charge is 0.493 e. The lowest BCUT2D eigenvalue weighted by Crippen LogP contribution is -2.46. The molecule has 9 nitrogen and oxygen atoms in total. The first-order valence-corrected chi connectivity index (χ1v) is 11.8. The number of ether oxygens (including phenoxy) is 2. The van der Waals surface area contributed by atoms with Crippen molar-refractivity contribution in [2.24, 2.45) is 0 Å². The molecule has 0 aliphatic carbocycles. The van der Waals surface area contributed by atoms with Gasteiger partial charge in [0.15, 0.2) is 17.4 Å². The van der Waals surface area contributed by atoms with E-state index in [0.29, 0.717) is 48.2 Å². The Kier molecular flexibility index (Phi) is 7.18. The molecule has 2 aliphatic rings. The monoisotopic (exact) mass is 480 g/mol. The lowest BCUT2D eigenvalue weighted by Gasteiger charge is -2.36. The first-order chi connectivity index (χ1) is 16.6. The third-order valence-electron chi connectivity index (χ3n) is 6.05. The van der Waals surface area contributed by atoms with Gasteiger partial charge in [0, 0.05) is 38.7 Å². The van der Waals surface area contributed by atoms with Gasteiger partial charge in [0.2, 0.25) is 5.91 Å². The van der Waals surface area contributed by atoms with Gasteiger partial charge in [-0.3, -0.25) is 19.5 Å². The van der Waals surface area contributed by atoms with Crippen molar-refractivity contribution in [2.75, 3.05) is 36.1 Å². The number of ketones is 1. The maximum atomic E-state index is 13.5. The van der Waals surface area contributed by atoms with E-state index in [1.54, 1.807) is 43.1 Å². The van der Waals surface area contributed by atoms with Gasteiger partial charge in [-0.2, -0.15) is 0 Å². The normalized spacial score (nSPS) is 16.7. The van der Waals surface area contributed by atoms with E-state index in [-0.39, 0.29) is 24.2 Å². The number of carbonyl (C=O) groups is 2. The van der Waals surface area contributed by atoms with Crippen molar-refractivity contribution in [3.63, 3.8) is 0 Å². The number of anilines is 2. The fourth-order valence-corrected chi connectivity index (χ4v) is 4.35. The molecule has 0 spiro atoms. The van der Waals surface area contributed by atoms with Gasteiger partial charge in [0.1, 0.15) is 11.4 Å². The van der Waals surface area contributed by atoms with Crippen molar-refractivity contribution in [3.8, 4) is 5.75 Å². The Morgan fingerprint density at radius 2 is 2.03 bits per heavy atom. The summed E-state index contributed by atoms with van der Waals surface area (Å²) in [6, 6.07) is 7.13. The average molecular weight is 481 g/mol. The quantitative estimate of drug-likeness (QED) is 0.314. The summed E-state index contributed by atoms with van der Waals surface area (Å²) in [7, 11) is 0. The summed E-state index contributed by atoms with van der Waals surface area (Å²) in [6.07, 6.45) is 3.17. The fraction of sp³-hybridized carbons (Fsp3) is 0.462. The van der Waals surface area contributed by atoms with Crippen LogP contribution < -0.4 is 14.5 Å². The standard InChI is InChI=1S/C26H32N4O5/c1-17(22-15-20(8-10-27-22)34-12-5-13-35-26(3,4)33)14-24(32)30-19-9-11-29(16-19)23-7-6-21(18(2)31)28-25(23)30/h6-8,10,15,19,33H,1,5,9,11-14,16H2,2-4H3/t19-/m0/s1. The first kappa shape index (κ1) is 24.8. The summed E-state index contributed by atoms with van der Waals surface area (Å²) < 4.78 is 11.0. The van der Waals surface area contributed by atoms with Crippen molar-refractivity contribution < 1.29 is 24.2 Å². The molecule has 2 bridgehead atoms. The van der Waals surface area contributed by atoms with Crippen LogP contribution in [-0.4, -0.2) is 64.9 Å². The molecule has 0 saturated carbocycles. The minimum absolute atomic E-state index is 0.0197. The topological polar surface area (TPSA) is 105 Å². The molecule has 1 fully saturated rings. The van der Waals surface area contributed by atoms with Crippen LogP contribution in [0.4, 0.5) is 11.5 Å². The highest BCUT2D eigenvalue weighted by Gasteiger charge is 2.40. The number of aliphatic hydroxyl groups is 1. The number of aromatic nitrogens is 2. The Hall–Kier alpha value is -3.30. The van der Waals surface area contributed by atoms with E-state index in [1.807, 2.05) is 6.07 Å². The van der Waals surface area contributed by atoms with E-state index >= 15 is 0 Å². The molecule has 2 aromatic rings. The van der Waals surface area contributed by atoms with Crippen LogP contribution in [0.5, 0.6) is 5.75 Å². The lowest BCUT2D eigenvalue weighted by atomic mass is 10.1. The summed E-state index contributed by atoms with van der Waals surface area (Å²) in [4.78, 5) is 38.2. The smallest absolute Gasteiger partial charge is 0.233 e. The highest BCUT2D eigenvalue weighted by molar-refractivity contribution is 6.03. The van der Waals surface area contributed by atoms with Crippen LogP contribution in [0.2, 0.25) is 0 Å². The van der Waals surface area contributed by atoms with Crippen LogP contribution in [0.1, 0.15) is 56.2 Å². The third-order valence-corrected chi connectivity index (χ3v) is 6.05. The number of Topliss-reactive ketones (excluding diaryl/α,β-unsaturated/α-hetero) is 1. The molecular weight excluding hydrogens is 448 g/mol. The molecule has 1 atom stereocenters.